The number of hydrogen-bond acceptors (Lipinski definition) is 5. The molecule has 1 aliphatic heterocycles. The van der Waals surface area contributed by atoms with E-state index in [1.807, 2.05) is 26.8 Å². The molecule has 0 radical (unpaired) electrons. The van der Waals surface area contributed by atoms with Gasteiger partial charge in [0, 0.05) is 25.4 Å². The number of nitrogens with zero attached hydrogens (tertiary/aromatic N) is 4. The van der Waals surface area contributed by atoms with E-state index in [-0.39, 0.29) is 17.9 Å². The summed E-state index contributed by atoms with van der Waals surface area (Å²) in [6.45, 7) is 6.93. The molecule has 0 spiro atoms. The van der Waals surface area contributed by atoms with Crippen molar-refractivity contribution in [3.8, 4) is 6.07 Å². The highest BCUT2D eigenvalue weighted by Gasteiger charge is 2.31. The van der Waals surface area contributed by atoms with E-state index >= 15 is 0 Å². The third kappa shape index (κ3) is 5.78. The Kier molecular flexibility index (Phi) is 6.02. The zero-order valence-corrected chi connectivity index (χ0v) is 15.0. The van der Waals surface area contributed by atoms with Crippen LogP contribution in [0.2, 0.25) is 0 Å². The van der Waals surface area contributed by atoms with Crippen LogP contribution in [-0.4, -0.2) is 45.4 Å². The van der Waals surface area contributed by atoms with Crippen LogP contribution in [-0.2, 0) is 16.1 Å². The molecule has 25 heavy (non-hydrogen) atoms. The number of piperidine rings is 1. The summed E-state index contributed by atoms with van der Waals surface area (Å²) in [5.41, 5.74) is -0.530. The van der Waals surface area contributed by atoms with E-state index in [4.69, 9.17) is 10.00 Å². The fraction of sp³-hybridized carbons (Fsp3) is 0.647. The highest BCUT2D eigenvalue weighted by atomic mass is 16.6. The molecule has 136 valence electrons. The molecule has 1 aromatic heterocycles. The highest BCUT2D eigenvalue weighted by molar-refractivity contribution is 5.88. The summed E-state index contributed by atoms with van der Waals surface area (Å²) in [6, 6.07) is 3.46. The van der Waals surface area contributed by atoms with Gasteiger partial charge in [0.25, 0.3) is 0 Å². The van der Waals surface area contributed by atoms with Gasteiger partial charge >= 0.3 is 12.0 Å². The molecule has 0 aliphatic carbocycles. The average Bonchev–Trinajstić information content (AvgIpc) is 2.99. The predicted octanol–water partition coefficient (Wildman–Crippen LogP) is 2.38. The molecule has 8 nitrogen and oxygen atoms in total. The fourth-order valence-corrected chi connectivity index (χ4v) is 2.65. The van der Waals surface area contributed by atoms with Crippen LogP contribution in [0, 0.1) is 17.2 Å². The first-order valence-electron chi connectivity index (χ1n) is 8.47. The minimum Gasteiger partial charge on any atom is -0.460 e. The van der Waals surface area contributed by atoms with Crippen LogP contribution in [0.5, 0.6) is 0 Å². The average molecular weight is 347 g/mol. The number of carbonyl (C=O) groups is 2. The summed E-state index contributed by atoms with van der Waals surface area (Å²) in [7, 11) is 0. The molecule has 1 atom stereocenters. The summed E-state index contributed by atoms with van der Waals surface area (Å²) >= 11 is 0. The van der Waals surface area contributed by atoms with E-state index in [0.717, 1.165) is 12.8 Å². The maximum atomic E-state index is 12.4. The molecule has 2 heterocycles. The van der Waals surface area contributed by atoms with Gasteiger partial charge in [-0.1, -0.05) is 0 Å². The molecule has 1 aromatic rings. The Morgan fingerprint density at radius 1 is 1.48 bits per heavy atom. The normalized spacial score (nSPS) is 17.7. The molecule has 8 heteroatoms. The van der Waals surface area contributed by atoms with Crippen molar-refractivity contribution >= 4 is 17.8 Å². The minimum atomic E-state index is -0.530. The lowest BCUT2D eigenvalue weighted by Gasteiger charge is -2.33. The number of amides is 2. The predicted molar refractivity (Wildman–Crippen MR) is 91.6 cm³/mol. The second-order valence-corrected chi connectivity index (χ2v) is 7.12. The number of carbonyl (C=O) groups excluding carboxylic acids is 2. The lowest BCUT2D eigenvalue weighted by molar-refractivity contribution is -0.161. The Labute approximate surface area is 147 Å². The molecule has 0 saturated carbocycles. The van der Waals surface area contributed by atoms with Gasteiger partial charge in [0.1, 0.15) is 5.60 Å². The van der Waals surface area contributed by atoms with Crippen molar-refractivity contribution < 1.29 is 14.3 Å². The Balaban J connectivity index is 1.90. The second-order valence-electron chi connectivity index (χ2n) is 7.12. The van der Waals surface area contributed by atoms with E-state index < -0.39 is 5.60 Å². The van der Waals surface area contributed by atoms with Crippen molar-refractivity contribution in [2.75, 3.05) is 18.4 Å². The number of anilines is 1. The van der Waals surface area contributed by atoms with E-state index in [2.05, 4.69) is 10.4 Å². The van der Waals surface area contributed by atoms with E-state index in [9.17, 15) is 9.59 Å². The zero-order chi connectivity index (χ0) is 18.4. The van der Waals surface area contributed by atoms with E-state index in [1.165, 1.54) is 0 Å². The quantitative estimate of drug-likeness (QED) is 0.843. The van der Waals surface area contributed by atoms with Crippen molar-refractivity contribution in [2.24, 2.45) is 5.92 Å². The molecular weight excluding hydrogens is 322 g/mol. The van der Waals surface area contributed by atoms with E-state index in [1.54, 1.807) is 21.8 Å². The summed E-state index contributed by atoms with van der Waals surface area (Å²) < 4.78 is 7.03. The summed E-state index contributed by atoms with van der Waals surface area (Å²) in [5, 5.41) is 15.5. The third-order valence-corrected chi connectivity index (χ3v) is 3.78. The SMILES string of the molecule is CC(C)(C)OC(=O)C1CCCN(C(=O)Nc2ccn(CCC#N)n2)C1. The number of hydrogen-bond donors (Lipinski definition) is 1. The Hall–Kier alpha value is -2.56. The van der Waals surface area contributed by atoms with Gasteiger partial charge in [-0.2, -0.15) is 10.4 Å². The first-order chi connectivity index (χ1) is 11.8. The number of aryl methyl sites for hydroxylation is 1. The maximum absolute atomic E-state index is 12.4. The molecule has 2 amide bonds. The first kappa shape index (κ1) is 18.8. The maximum Gasteiger partial charge on any atom is 0.323 e. The van der Waals surface area contributed by atoms with Crippen molar-refractivity contribution in [3.63, 3.8) is 0 Å². The molecule has 1 fully saturated rings. The second kappa shape index (κ2) is 8.01. The van der Waals surface area contributed by atoms with Crippen LogP contribution in [0.15, 0.2) is 12.3 Å². The Bertz CT molecular complexity index is 656. The van der Waals surface area contributed by atoms with Gasteiger partial charge in [-0.05, 0) is 33.6 Å². The van der Waals surface area contributed by atoms with Crippen LogP contribution in [0.3, 0.4) is 0 Å². The minimum absolute atomic E-state index is 0.259. The number of esters is 1. The first-order valence-corrected chi connectivity index (χ1v) is 8.47. The van der Waals surface area contributed by atoms with E-state index in [0.29, 0.717) is 31.9 Å². The molecular formula is C17H25N5O3. The van der Waals surface area contributed by atoms with Gasteiger partial charge < -0.3 is 9.64 Å². The number of aromatic nitrogens is 2. The van der Waals surface area contributed by atoms with Gasteiger partial charge in [0.05, 0.1) is 25.0 Å². The van der Waals surface area contributed by atoms with Gasteiger partial charge in [0.15, 0.2) is 5.82 Å². The van der Waals surface area contributed by atoms with Gasteiger partial charge in [-0.3, -0.25) is 14.8 Å². The summed E-state index contributed by atoms with van der Waals surface area (Å²) in [6.07, 6.45) is 3.56. The van der Waals surface area contributed by atoms with Crippen LogP contribution >= 0.6 is 0 Å². The standard InChI is InChI=1S/C17H25N5O3/c1-17(2,3)25-15(23)13-6-4-9-21(12-13)16(24)19-14-7-11-22(20-14)10-5-8-18/h7,11,13H,4-6,9-10,12H2,1-3H3,(H,19,20,24). The van der Waals surface area contributed by atoms with Crippen LogP contribution in [0.1, 0.15) is 40.0 Å². The lowest BCUT2D eigenvalue weighted by atomic mass is 9.98. The number of urea groups is 1. The molecule has 1 N–H and O–H groups in total. The Morgan fingerprint density at radius 3 is 2.92 bits per heavy atom. The Morgan fingerprint density at radius 2 is 2.24 bits per heavy atom. The fourth-order valence-electron chi connectivity index (χ4n) is 2.65. The highest BCUT2D eigenvalue weighted by Crippen LogP contribution is 2.21. The largest absolute Gasteiger partial charge is 0.460 e. The molecule has 0 bridgehead atoms. The molecule has 1 saturated heterocycles. The smallest absolute Gasteiger partial charge is 0.323 e. The molecule has 0 aromatic carbocycles. The number of nitrogens with one attached hydrogen (secondary N) is 1. The lowest BCUT2D eigenvalue weighted by Crippen LogP contribution is -2.45. The molecule has 1 unspecified atom stereocenters. The summed E-state index contributed by atoms with van der Waals surface area (Å²) in [5.74, 6) is -0.125. The van der Waals surface area contributed by atoms with Crippen LogP contribution < -0.4 is 5.32 Å². The molecule has 1 aliphatic rings. The van der Waals surface area contributed by atoms with Crippen molar-refractivity contribution in [1.82, 2.24) is 14.7 Å². The van der Waals surface area contributed by atoms with Crippen molar-refractivity contribution in [3.05, 3.63) is 12.3 Å². The van der Waals surface area contributed by atoms with Crippen LogP contribution in [0.25, 0.3) is 0 Å². The number of nitriles is 1. The molecule has 2 rings (SSSR count). The van der Waals surface area contributed by atoms with Crippen LogP contribution in [0.4, 0.5) is 10.6 Å². The van der Waals surface area contributed by atoms with Crippen molar-refractivity contribution in [2.45, 2.75) is 52.2 Å². The van der Waals surface area contributed by atoms with Crippen molar-refractivity contribution in [1.29, 1.82) is 5.26 Å². The van der Waals surface area contributed by atoms with Gasteiger partial charge in [0.2, 0.25) is 0 Å². The third-order valence-electron chi connectivity index (χ3n) is 3.78. The monoisotopic (exact) mass is 347 g/mol. The number of ether oxygens (including phenoxy) is 1. The van der Waals surface area contributed by atoms with Gasteiger partial charge in [-0.15, -0.1) is 0 Å². The topological polar surface area (TPSA) is 100 Å². The number of likely N-dealkylation sites (tertiary alicyclic amines) is 1. The summed E-state index contributed by atoms with van der Waals surface area (Å²) in [4.78, 5) is 26.2. The van der Waals surface area contributed by atoms with Gasteiger partial charge in [-0.25, -0.2) is 4.79 Å². The number of rotatable bonds is 4. The zero-order valence-electron chi connectivity index (χ0n) is 15.0.